The summed E-state index contributed by atoms with van der Waals surface area (Å²) in [7, 11) is 0. The molecule has 2 aliphatic rings. The number of hydrogen-bond acceptors (Lipinski definition) is 10. The first-order valence-corrected chi connectivity index (χ1v) is 13.1. The summed E-state index contributed by atoms with van der Waals surface area (Å²) in [6.45, 7) is 9.99. The van der Waals surface area contributed by atoms with E-state index in [9.17, 15) is 24.3 Å². The first-order chi connectivity index (χ1) is 17.5. The monoisotopic (exact) mass is 533 g/mol. The van der Waals surface area contributed by atoms with Gasteiger partial charge in [0.1, 0.15) is 28.7 Å². The van der Waals surface area contributed by atoms with E-state index in [-0.39, 0.29) is 29.4 Å². The van der Waals surface area contributed by atoms with Crippen molar-refractivity contribution in [3.05, 3.63) is 28.8 Å². The van der Waals surface area contributed by atoms with Crippen LogP contribution in [0.25, 0.3) is 10.4 Å². The van der Waals surface area contributed by atoms with Gasteiger partial charge < -0.3 is 24.2 Å². The van der Waals surface area contributed by atoms with E-state index in [1.807, 2.05) is 20.8 Å². The number of thiazole rings is 1. The summed E-state index contributed by atoms with van der Waals surface area (Å²) in [5.74, 6) is -2.40. The molecular formula is C25H31N3O8S. The number of ether oxygens (including phenoxy) is 3. The van der Waals surface area contributed by atoms with E-state index in [4.69, 9.17) is 14.2 Å². The zero-order valence-electron chi connectivity index (χ0n) is 21.6. The summed E-state index contributed by atoms with van der Waals surface area (Å²) in [5, 5.41) is 10.2. The zero-order valence-corrected chi connectivity index (χ0v) is 22.4. The summed E-state index contributed by atoms with van der Waals surface area (Å²) in [5.41, 5.74) is 0.900. The molecule has 2 aromatic heterocycles. The highest BCUT2D eigenvalue weighted by atomic mass is 32.1. The number of β-lactam (4-membered cyclic amide) rings is 1. The molecule has 1 saturated heterocycles. The first kappa shape index (κ1) is 26.8. The molecule has 2 aliphatic heterocycles. The third-order valence-electron chi connectivity index (χ3n) is 6.88. The topological polar surface area (TPSA) is 137 Å². The number of rotatable bonds is 9. The van der Waals surface area contributed by atoms with Crippen molar-refractivity contribution < 1.29 is 38.5 Å². The molecule has 0 bridgehead atoms. The third-order valence-corrected chi connectivity index (χ3v) is 8.03. The fourth-order valence-electron chi connectivity index (χ4n) is 5.03. The second kappa shape index (κ2) is 10.3. The van der Waals surface area contributed by atoms with Crippen LogP contribution in [0.1, 0.15) is 69.7 Å². The van der Waals surface area contributed by atoms with E-state index in [0.717, 1.165) is 0 Å². The minimum atomic E-state index is -1.27. The van der Waals surface area contributed by atoms with Gasteiger partial charge in [-0.3, -0.25) is 14.0 Å². The summed E-state index contributed by atoms with van der Waals surface area (Å²) >= 11 is 1.27. The van der Waals surface area contributed by atoms with E-state index in [2.05, 4.69) is 4.98 Å². The summed E-state index contributed by atoms with van der Waals surface area (Å²) in [6, 6.07) is -0.437. The van der Waals surface area contributed by atoms with Gasteiger partial charge in [0.25, 0.3) is 0 Å². The zero-order chi connectivity index (χ0) is 27.2. The molecule has 2 aromatic rings. The summed E-state index contributed by atoms with van der Waals surface area (Å²) < 4.78 is 17.4. The van der Waals surface area contributed by atoms with Gasteiger partial charge in [-0.25, -0.2) is 14.6 Å². The Kier molecular flexibility index (Phi) is 7.43. The van der Waals surface area contributed by atoms with Crippen LogP contribution in [0.2, 0.25) is 0 Å². The molecule has 200 valence electrons. The molecule has 4 heterocycles. The highest BCUT2D eigenvalue weighted by Crippen LogP contribution is 2.51. The van der Waals surface area contributed by atoms with Gasteiger partial charge in [-0.05, 0) is 19.8 Å². The SMILES string of the molecule is CCC(CC)OC(=O)OC(C)OC(=O)C1=C(c2cn3cnc(C(C)=O)c3s2)[C@H](C)[C@@H]2[C@@H]([C@@H](C)O)C(=O)N12. The lowest BCUT2D eigenvalue weighted by molar-refractivity contribution is -0.174. The molecule has 1 fully saturated rings. The predicted octanol–water partition coefficient (Wildman–Crippen LogP) is 3.40. The third kappa shape index (κ3) is 4.63. The molecule has 1 unspecified atom stereocenters. The van der Waals surface area contributed by atoms with Crippen molar-refractivity contribution >= 4 is 45.6 Å². The molecule has 1 amide bonds. The van der Waals surface area contributed by atoms with Crippen LogP contribution in [0.4, 0.5) is 4.79 Å². The molecule has 12 heteroatoms. The second-order valence-corrected chi connectivity index (χ2v) is 10.4. The average molecular weight is 534 g/mol. The number of nitrogens with zero attached hydrogens (tertiary/aromatic N) is 3. The molecule has 4 rings (SSSR count). The Morgan fingerprint density at radius 3 is 2.43 bits per heavy atom. The number of carbonyl (C=O) groups excluding carboxylic acids is 4. The number of ketones is 1. The minimum absolute atomic E-state index is 0.0325. The van der Waals surface area contributed by atoms with Crippen LogP contribution in [0.3, 0.4) is 0 Å². The van der Waals surface area contributed by atoms with E-state index in [1.54, 1.807) is 17.5 Å². The lowest BCUT2D eigenvalue weighted by Gasteiger charge is -2.46. The maximum atomic E-state index is 13.4. The van der Waals surface area contributed by atoms with Gasteiger partial charge in [0.05, 0.1) is 22.9 Å². The number of imidazole rings is 1. The van der Waals surface area contributed by atoms with E-state index in [1.165, 1.54) is 36.4 Å². The Morgan fingerprint density at radius 2 is 1.84 bits per heavy atom. The number of hydrogen-bond donors (Lipinski definition) is 1. The lowest BCUT2D eigenvalue weighted by atomic mass is 9.77. The highest BCUT2D eigenvalue weighted by Gasteiger charge is 2.60. The van der Waals surface area contributed by atoms with Crippen molar-refractivity contribution in [3.8, 4) is 0 Å². The Morgan fingerprint density at radius 1 is 1.16 bits per heavy atom. The van der Waals surface area contributed by atoms with Gasteiger partial charge >= 0.3 is 12.1 Å². The van der Waals surface area contributed by atoms with Crippen molar-refractivity contribution in [3.63, 3.8) is 0 Å². The molecular weight excluding hydrogens is 502 g/mol. The van der Waals surface area contributed by atoms with Crippen molar-refractivity contribution in [2.24, 2.45) is 11.8 Å². The van der Waals surface area contributed by atoms with E-state index < -0.39 is 36.5 Å². The van der Waals surface area contributed by atoms with Crippen LogP contribution in [0.5, 0.6) is 0 Å². The van der Waals surface area contributed by atoms with Gasteiger partial charge in [0.2, 0.25) is 12.2 Å². The van der Waals surface area contributed by atoms with Crippen molar-refractivity contribution in [2.75, 3.05) is 0 Å². The Bertz CT molecular complexity index is 1270. The standard InChI is InChI=1S/C25H31N3O8S/c1-7-15(8-2)36-25(33)35-14(6)34-24(32)21-17(11(3)20-18(12(4)29)22(31)28(20)21)16-9-27-10-26-19(13(5)30)23(27)37-16/h9-12,14-15,18,20,29H,7-8H2,1-6H3/t11-,12+,14?,18+,20+/m0/s1. The first-order valence-electron chi connectivity index (χ1n) is 12.3. The summed E-state index contributed by atoms with van der Waals surface area (Å²) in [6.07, 6.45) is 1.07. The van der Waals surface area contributed by atoms with Crippen LogP contribution in [-0.4, -0.2) is 67.7 Å². The molecule has 37 heavy (non-hydrogen) atoms. The van der Waals surface area contributed by atoms with Crippen molar-refractivity contribution in [1.82, 2.24) is 14.3 Å². The van der Waals surface area contributed by atoms with Crippen LogP contribution in [0, 0.1) is 11.8 Å². The van der Waals surface area contributed by atoms with Crippen LogP contribution >= 0.6 is 11.3 Å². The normalized spacial score (nSPS) is 22.6. The number of aromatic nitrogens is 2. The number of aliphatic hydroxyl groups is 1. The Hall–Kier alpha value is -3.25. The number of esters is 1. The van der Waals surface area contributed by atoms with Crippen LogP contribution in [-0.2, 0) is 23.8 Å². The maximum absolute atomic E-state index is 13.4. The Balaban J connectivity index is 1.66. The molecule has 5 atom stereocenters. The molecule has 0 aromatic carbocycles. The molecule has 11 nitrogen and oxygen atoms in total. The van der Waals surface area contributed by atoms with Crippen LogP contribution < -0.4 is 0 Å². The summed E-state index contributed by atoms with van der Waals surface area (Å²) in [4.78, 5) is 57.3. The average Bonchev–Trinajstić information content (AvgIpc) is 3.46. The second-order valence-electron chi connectivity index (χ2n) is 9.37. The van der Waals surface area contributed by atoms with Crippen molar-refractivity contribution in [2.45, 2.75) is 78.9 Å². The number of Topliss-reactive ketones (excluding diaryl/α,β-unsaturated/α-hetero) is 1. The molecule has 0 saturated carbocycles. The van der Waals surface area contributed by atoms with Crippen molar-refractivity contribution in [1.29, 1.82) is 0 Å². The number of aliphatic hydroxyl groups excluding tert-OH is 1. The molecule has 0 spiro atoms. The van der Waals surface area contributed by atoms with Gasteiger partial charge in [-0.2, -0.15) is 0 Å². The van der Waals surface area contributed by atoms with Gasteiger partial charge in [-0.1, -0.05) is 20.8 Å². The minimum Gasteiger partial charge on any atom is -0.431 e. The van der Waals surface area contributed by atoms with Gasteiger partial charge in [-0.15, -0.1) is 11.3 Å². The number of carbonyl (C=O) groups is 4. The highest BCUT2D eigenvalue weighted by molar-refractivity contribution is 7.18. The quantitative estimate of drug-likeness (QED) is 0.222. The van der Waals surface area contributed by atoms with E-state index in [0.29, 0.717) is 33.8 Å². The number of fused-ring (bicyclic) bond motifs is 2. The fourth-order valence-corrected chi connectivity index (χ4v) is 6.30. The fraction of sp³-hybridized carbons (Fsp3) is 0.560. The smallest absolute Gasteiger partial charge is 0.431 e. The van der Waals surface area contributed by atoms with Crippen LogP contribution in [0.15, 0.2) is 18.2 Å². The largest absolute Gasteiger partial charge is 0.511 e. The lowest BCUT2D eigenvalue weighted by Crippen LogP contribution is -2.63. The number of amides is 1. The van der Waals surface area contributed by atoms with E-state index >= 15 is 0 Å². The maximum Gasteiger partial charge on any atom is 0.511 e. The predicted molar refractivity (Wildman–Crippen MR) is 132 cm³/mol. The van der Waals surface area contributed by atoms with Gasteiger partial charge in [0.15, 0.2) is 5.78 Å². The van der Waals surface area contributed by atoms with Gasteiger partial charge in [0, 0.05) is 31.5 Å². The molecule has 1 N–H and O–H groups in total. The molecule has 0 aliphatic carbocycles. The Labute approximate surface area is 218 Å². The molecule has 0 radical (unpaired) electrons.